The number of rotatable bonds is 2. The molecule has 1 aliphatic rings. The Bertz CT molecular complexity index is 341. The normalized spacial score (nSPS) is 17.2. The zero-order chi connectivity index (χ0) is 9.97. The molecule has 0 spiro atoms. The first kappa shape index (κ1) is 9.47. The smallest absolute Gasteiger partial charge is 0.0969 e. The molecule has 74 valence electrons. The van der Waals surface area contributed by atoms with Gasteiger partial charge in [-0.1, -0.05) is 24.3 Å². The van der Waals surface area contributed by atoms with E-state index >= 15 is 0 Å². The highest BCUT2D eigenvalue weighted by atomic mass is 16.3. The maximum absolute atomic E-state index is 9.61. The van der Waals surface area contributed by atoms with Crippen molar-refractivity contribution in [3.8, 4) is 0 Å². The molecule has 1 N–H and O–H groups in total. The van der Waals surface area contributed by atoms with Crippen molar-refractivity contribution in [1.29, 1.82) is 0 Å². The zero-order valence-corrected chi connectivity index (χ0v) is 8.37. The Morgan fingerprint density at radius 1 is 1.21 bits per heavy atom. The number of aliphatic hydroxyl groups excluding tert-OH is 1. The molecule has 1 nitrogen and oxygen atoms in total. The second-order valence-corrected chi connectivity index (χ2v) is 3.92. The topological polar surface area (TPSA) is 20.2 Å². The summed E-state index contributed by atoms with van der Waals surface area (Å²) in [7, 11) is 0. The summed E-state index contributed by atoms with van der Waals surface area (Å²) in [6.45, 7) is 3.60. The predicted molar refractivity (Wildman–Crippen MR) is 58.2 cm³/mol. The van der Waals surface area contributed by atoms with Gasteiger partial charge in [0.25, 0.3) is 0 Å². The third kappa shape index (κ3) is 1.73. The highest BCUT2D eigenvalue weighted by molar-refractivity contribution is 5.35. The van der Waals surface area contributed by atoms with E-state index in [9.17, 15) is 5.11 Å². The summed E-state index contributed by atoms with van der Waals surface area (Å²) in [6, 6.07) is 6.29. The van der Waals surface area contributed by atoms with Gasteiger partial charge in [-0.15, -0.1) is 6.58 Å². The Balaban J connectivity index is 2.33. The van der Waals surface area contributed by atoms with E-state index in [1.54, 1.807) is 6.08 Å². The summed E-state index contributed by atoms with van der Waals surface area (Å²) < 4.78 is 0. The Morgan fingerprint density at radius 3 is 2.64 bits per heavy atom. The van der Waals surface area contributed by atoms with Crippen LogP contribution in [-0.4, -0.2) is 5.11 Å². The Labute approximate surface area is 85.1 Å². The van der Waals surface area contributed by atoms with E-state index in [1.165, 1.54) is 30.4 Å². The van der Waals surface area contributed by atoms with Gasteiger partial charge >= 0.3 is 0 Å². The van der Waals surface area contributed by atoms with Gasteiger partial charge in [-0.2, -0.15) is 0 Å². The molecule has 0 saturated carbocycles. The summed E-state index contributed by atoms with van der Waals surface area (Å²) in [6.07, 6.45) is 6.00. The number of hydrogen-bond donors (Lipinski definition) is 1. The Morgan fingerprint density at radius 2 is 1.93 bits per heavy atom. The Kier molecular flexibility index (Phi) is 2.69. The van der Waals surface area contributed by atoms with Gasteiger partial charge in [0.05, 0.1) is 6.10 Å². The minimum Gasteiger partial charge on any atom is -0.384 e. The van der Waals surface area contributed by atoms with Gasteiger partial charge in [-0.3, -0.25) is 0 Å². The molecule has 0 bridgehead atoms. The number of aliphatic hydroxyl groups is 1. The van der Waals surface area contributed by atoms with Crippen LogP contribution in [0.4, 0.5) is 0 Å². The average Bonchev–Trinajstić information content (AvgIpc) is 2.27. The van der Waals surface area contributed by atoms with Crippen molar-refractivity contribution in [2.75, 3.05) is 0 Å². The highest BCUT2D eigenvalue weighted by Gasteiger charge is 2.11. The van der Waals surface area contributed by atoms with E-state index in [4.69, 9.17) is 0 Å². The SMILES string of the molecule is C=CC(O)c1ccc2c(c1)CCCC2. The summed E-state index contributed by atoms with van der Waals surface area (Å²) in [5, 5.41) is 9.61. The fourth-order valence-corrected chi connectivity index (χ4v) is 2.07. The van der Waals surface area contributed by atoms with Crippen LogP contribution in [0.1, 0.15) is 35.6 Å². The van der Waals surface area contributed by atoms with Gasteiger partial charge in [0.15, 0.2) is 0 Å². The van der Waals surface area contributed by atoms with Gasteiger partial charge < -0.3 is 5.11 Å². The molecule has 0 amide bonds. The van der Waals surface area contributed by atoms with Crippen LogP contribution in [0.5, 0.6) is 0 Å². The second-order valence-electron chi connectivity index (χ2n) is 3.92. The second kappa shape index (κ2) is 3.97. The fraction of sp³-hybridized carbons (Fsp3) is 0.385. The Hall–Kier alpha value is -1.08. The fourth-order valence-electron chi connectivity index (χ4n) is 2.07. The molecular weight excluding hydrogens is 172 g/mol. The van der Waals surface area contributed by atoms with Gasteiger partial charge in [-0.05, 0) is 42.4 Å². The molecular formula is C13H16O. The first-order valence-electron chi connectivity index (χ1n) is 5.23. The molecule has 1 atom stereocenters. The van der Waals surface area contributed by atoms with Crippen LogP contribution in [0.15, 0.2) is 30.9 Å². The molecule has 0 radical (unpaired) electrons. The lowest BCUT2D eigenvalue weighted by Crippen LogP contribution is -2.04. The van der Waals surface area contributed by atoms with Crippen molar-refractivity contribution >= 4 is 0 Å². The van der Waals surface area contributed by atoms with E-state index in [-0.39, 0.29) is 0 Å². The largest absolute Gasteiger partial charge is 0.384 e. The van der Waals surface area contributed by atoms with E-state index in [1.807, 2.05) is 6.07 Å². The number of benzene rings is 1. The van der Waals surface area contributed by atoms with Crippen molar-refractivity contribution in [1.82, 2.24) is 0 Å². The molecule has 2 rings (SSSR count). The maximum atomic E-state index is 9.61. The highest BCUT2D eigenvalue weighted by Crippen LogP contribution is 2.24. The average molecular weight is 188 g/mol. The predicted octanol–water partition coefficient (Wildman–Crippen LogP) is 2.78. The lowest BCUT2D eigenvalue weighted by atomic mass is 9.89. The van der Waals surface area contributed by atoms with Crippen molar-refractivity contribution < 1.29 is 5.11 Å². The molecule has 1 aliphatic carbocycles. The van der Waals surface area contributed by atoms with Crippen LogP contribution in [0.2, 0.25) is 0 Å². The quantitative estimate of drug-likeness (QED) is 0.707. The molecule has 0 heterocycles. The number of fused-ring (bicyclic) bond motifs is 1. The van der Waals surface area contributed by atoms with Crippen LogP contribution in [0.3, 0.4) is 0 Å². The van der Waals surface area contributed by atoms with Crippen molar-refractivity contribution in [3.63, 3.8) is 0 Å². The molecule has 0 aliphatic heterocycles. The summed E-state index contributed by atoms with van der Waals surface area (Å²) in [5.41, 5.74) is 3.84. The minimum atomic E-state index is -0.512. The number of hydrogen-bond acceptors (Lipinski definition) is 1. The van der Waals surface area contributed by atoms with Gasteiger partial charge in [0.1, 0.15) is 0 Å². The van der Waals surface area contributed by atoms with Gasteiger partial charge in [0, 0.05) is 0 Å². The summed E-state index contributed by atoms with van der Waals surface area (Å²) in [5.74, 6) is 0. The summed E-state index contributed by atoms with van der Waals surface area (Å²) in [4.78, 5) is 0. The molecule has 0 fully saturated rings. The number of aryl methyl sites for hydroxylation is 2. The molecule has 1 unspecified atom stereocenters. The molecule has 1 aromatic carbocycles. The van der Waals surface area contributed by atoms with Crippen molar-refractivity contribution in [2.24, 2.45) is 0 Å². The standard InChI is InChI=1S/C13H16O/c1-2-13(14)12-8-7-10-5-3-4-6-11(10)9-12/h2,7-9,13-14H,1,3-6H2. The summed E-state index contributed by atoms with van der Waals surface area (Å²) >= 11 is 0. The van der Waals surface area contributed by atoms with Crippen LogP contribution in [-0.2, 0) is 12.8 Å². The van der Waals surface area contributed by atoms with Crippen LogP contribution in [0, 0.1) is 0 Å². The van der Waals surface area contributed by atoms with Crippen molar-refractivity contribution in [2.45, 2.75) is 31.8 Å². The van der Waals surface area contributed by atoms with E-state index in [0.29, 0.717) is 0 Å². The van der Waals surface area contributed by atoms with Crippen molar-refractivity contribution in [3.05, 3.63) is 47.5 Å². The van der Waals surface area contributed by atoms with Crippen LogP contribution in [0.25, 0.3) is 0 Å². The third-order valence-electron chi connectivity index (χ3n) is 2.94. The van der Waals surface area contributed by atoms with E-state index in [0.717, 1.165) is 12.0 Å². The van der Waals surface area contributed by atoms with Gasteiger partial charge in [-0.25, -0.2) is 0 Å². The monoisotopic (exact) mass is 188 g/mol. The van der Waals surface area contributed by atoms with Crippen LogP contribution < -0.4 is 0 Å². The molecule has 14 heavy (non-hydrogen) atoms. The molecule has 1 heteroatoms. The van der Waals surface area contributed by atoms with Crippen LogP contribution >= 0.6 is 0 Å². The maximum Gasteiger partial charge on any atom is 0.0969 e. The first-order valence-corrected chi connectivity index (χ1v) is 5.23. The lowest BCUT2D eigenvalue weighted by molar-refractivity contribution is 0.229. The minimum absolute atomic E-state index is 0.512. The van der Waals surface area contributed by atoms with E-state index in [2.05, 4.69) is 18.7 Å². The lowest BCUT2D eigenvalue weighted by Gasteiger charge is -2.17. The van der Waals surface area contributed by atoms with Gasteiger partial charge in [0.2, 0.25) is 0 Å². The molecule has 0 saturated heterocycles. The van der Waals surface area contributed by atoms with E-state index < -0.39 is 6.10 Å². The first-order chi connectivity index (χ1) is 6.81. The molecule has 1 aromatic rings. The zero-order valence-electron chi connectivity index (χ0n) is 8.37. The third-order valence-corrected chi connectivity index (χ3v) is 2.94. The molecule has 0 aromatic heterocycles.